The first kappa shape index (κ1) is 29.7. The number of aromatic nitrogens is 1. The lowest BCUT2D eigenvalue weighted by molar-refractivity contribution is -0.148. The molecular weight excluding hydrogens is 587 g/mol. The first-order valence-corrected chi connectivity index (χ1v) is 17.1. The number of pyridine rings is 1. The van der Waals surface area contributed by atoms with Gasteiger partial charge in [0.1, 0.15) is 12.1 Å². The monoisotopic (exact) mass is 622 g/mol. The first-order valence-electron chi connectivity index (χ1n) is 14.5. The van der Waals surface area contributed by atoms with E-state index in [1.165, 1.54) is 11.3 Å². The highest BCUT2D eigenvalue weighted by atomic mass is 32.1. The number of nitrogens with one attached hydrogen (secondary N) is 1. The number of carbonyl (C=O) groups excluding carboxylic acids is 3. The van der Waals surface area contributed by atoms with Crippen LogP contribution in [0.1, 0.15) is 64.9 Å². The Labute approximate surface area is 253 Å². The van der Waals surface area contributed by atoms with Crippen LogP contribution in [0.25, 0.3) is 10.1 Å². The lowest BCUT2D eigenvalue weighted by Crippen LogP contribution is -2.59. The van der Waals surface area contributed by atoms with E-state index < -0.39 is 19.7 Å². The van der Waals surface area contributed by atoms with Crippen molar-refractivity contribution < 1.29 is 28.7 Å². The summed E-state index contributed by atoms with van der Waals surface area (Å²) >= 11 is 1.26. The molecule has 12 heteroatoms. The van der Waals surface area contributed by atoms with E-state index in [0.29, 0.717) is 54.6 Å². The number of nitrogens with zero attached hydrogens (tertiary/aromatic N) is 3. The van der Waals surface area contributed by atoms with Crippen LogP contribution in [-0.4, -0.2) is 73.5 Å². The van der Waals surface area contributed by atoms with Gasteiger partial charge in [-0.05, 0) is 85.9 Å². The Hall–Kier alpha value is -3.37. The van der Waals surface area contributed by atoms with E-state index in [9.17, 15) is 28.7 Å². The largest absolute Gasteiger partial charge is 0.340 e. The molecule has 2 fully saturated rings. The molecule has 5 heterocycles. The summed E-state index contributed by atoms with van der Waals surface area (Å²) in [7, 11) is -4.22. The number of hydrogen-bond donors (Lipinski definition) is 3. The van der Waals surface area contributed by atoms with Gasteiger partial charge in [0.2, 0.25) is 11.8 Å². The number of benzene rings is 1. The summed E-state index contributed by atoms with van der Waals surface area (Å²) < 4.78 is 12.2. The quantitative estimate of drug-likeness (QED) is 0.278. The van der Waals surface area contributed by atoms with E-state index in [1.807, 2.05) is 31.0 Å². The Kier molecular flexibility index (Phi) is 8.02. The Bertz CT molecular complexity index is 1680. The molecule has 0 saturated carbocycles. The molecule has 0 unspecified atom stereocenters. The number of thiophene rings is 1. The van der Waals surface area contributed by atoms with Gasteiger partial charge in [-0.1, -0.05) is 17.7 Å². The molecule has 1 aromatic carbocycles. The van der Waals surface area contributed by atoms with Gasteiger partial charge in [0.05, 0.1) is 17.1 Å². The molecule has 2 aromatic heterocycles. The Morgan fingerprint density at radius 1 is 1.12 bits per heavy atom. The van der Waals surface area contributed by atoms with Gasteiger partial charge in [-0.2, -0.15) is 0 Å². The van der Waals surface area contributed by atoms with Crippen LogP contribution in [0.5, 0.6) is 0 Å². The van der Waals surface area contributed by atoms with Gasteiger partial charge in [-0.3, -0.25) is 23.9 Å². The maximum Gasteiger partial charge on any atom is 0.329 e. The summed E-state index contributed by atoms with van der Waals surface area (Å²) in [6.45, 7) is 5.28. The molecule has 43 heavy (non-hydrogen) atoms. The predicted molar refractivity (Wildman–Crippen MR) is 164 cm³/mol. The Morgan fingerprint density at radius 2 is 1.91 bits per heavy atom. The third-order valence-electron chi connectivity index (χ3n) is 8.78. The zero-order valence-corrected chi connectivity index (χ0v) is 25.8. The lowest BCUT2D eigenvalue weighted by Gasteiger charge is -2.43. The molecule has 0 radical (unpaired) electrons. The molecule has 0 spiro atoms. The van der Waals surface area contributed by atoms with Crippen LogP contribution >= 0.6 is 18.9 Å². The third kappa shape index (κ3) is 6.17. The van der Waals surface area contributed by atoms with Crippen molar-refractivity contribution in [2.75, 3.05) is 13.1 Å². The number of likely N-dealkylation sites (tertiary alicyclic amines) is 1. The Balaban J connectivity index is 1.17. The van der Waals surface area contributed by atoms with Crippen molar-refractivity contribution in [3.8, 4) is 0 Å². The van der Waals surface area contributed by atoms with Crippen LogP contribution in [0.15, 0.2) is 54.4 Å². The standard InChI is InChI=1S/C31H35N4O6PS/c1-18-3-6-25(33-29(36)28-13-21-12-20(17-42(39,40)41)4-8-27(21)43-28)30(37)35-23(11-18)5-7-26(35)31(38)34-15-22(16-34)24-14-32-10-9-19(24)2/h4,8-14,22-23,25-26H,3,5-7,15-17H2,1-2H3,(H,33,36)(H2,39,40,41)/b18-11-/t23-,25+,26+/m1/s1. The van der Waals surface area contributed by atoms with E-state index in [4.69, 9.17) is 0 Å². The zero-order valence-electron chi connectivity index (χ0n) is 24.1. The van der Waals surface area contributed by atoms with Crippen molar-refractivity contribution >= 4 is 46.7 Å². The maximum atomic E-state index is 14.0. The topological polar surface area (TPSA) is 140 Å². The van der Waals surface area contributed by atoms with Gasteiger partial charge in [0, 0.05) is 36.1 Å². The number of amides is 3. The van der Waals surface area contributed by atoms with Crippen LogP contribution in [0.2, 0.25) is 0 Å². The van der Waals surface area contributed by atoms with Gasteiger partial charge in [0.15, 0.2) is 0 Å². The molecule has 226 valence electrons. The van der Waals surface area contributed by atoms with Crippen molar-refractivity contribution in [1.82, 2.24) is 20.1 Å². The molecular formula is C31H35N4O6PS. The molecule has 0 aliphatic carbocycles. The van der Waals surface area contributed by atoms with Crippen LogP contribution in [-0.2, 0) is 20.3 Å². The van der Waals surface area contributed by atoms with Crippen LogP contribution in [0.4, 0.5) is 0 Å². The number of allylic oxidation sites excluding steroid dienone is 1. The molecule has 10 nitrogen and oxygen atoms in total. The first-order chi connectivity index (χ1) is 20.5. The van der Waals surface area contributed by atoms with E-state index in [1.54, 1.807) is 35.4 Å². The number of fused-ring (bicyclic) bond motifs is 2. The van der Waals surface area contributed by atoms with Crippen molar-refractivity contribution in [3.63, 3.8) is 0 Å². The second-order valence-corrected chi connectivity index (χ2v) is 14.7. The van der Waals surface area contributed by atoms with Crippen LogP contribution in [0.3, 0.4) is 0 Å². The predicted octanol–water partition coefficient (Wildman–Crippen LogP) is 4.11. The number of aryl methyl sites for hydroxylation is 1. The number of rotatable bonds is 6. The molecule has 3 N–H and O–H groups in total. The number of carbonyl (C=O) groups is 3. The molecule has 6 rings (SSSR count). The molecule has 3 atom stereocenters. The van der Waals surface area contributed by atoms with E-state index in [0.717, 1.165) is 21.4 Å². The maximum absolute atomic E-state index is 14.0. The summed E-state index contributed by atoms with van der Waals surface area (Å²) in [5.74, 6) is -0.417. The third-order valence-corrected chi connectivity index (χ3v) is 10.7. The highest BCUT2D eigenvalue weighted by Gasteiger charge is 2.46. The SMILES string of the molecule is C/C1=C/[C@H]2CC[C@@H](C(=O)N3CC(c4cnccc4C)C3)N2C(=O)[C@@H](NC(=O)c2cc3cc(CP(=O)(O)O)ccc3s2)CC1. The summed E-state index contributed by atoms with van der Waals surface area (Å²) in [6, 6.07) is 7.22. The smallest absolute Gasteiger partial charge is 0.329 e. The minimum Gasteiger partial charge on any atom is -0.340 e. The number of hydrogen-bond acceptors (Lipinski definition) is 6. The van der Waals surface area contributed by atoms with Gasteiger partial charge < -0.3 is 24.9 Å². The fraction of sp³-hybridized carbons (Fsp3) is 0.419. The van der Waals surface area contributed by atoms with Gasteiger partial charge >= 0.3 is 7.60 Å². The molecule has 3 aliphatic heterocycles. The minimum atomic E-state index is -4.22. The highest BCUT2D eigenvalue weighted by Crippen LogP contribution is 2.40. The summed E-state index contributed by atoms with van der Waals surface area (Å²) in [4.78, 5) is 67.9. The van der Waals surface area contributed by atoms with Crippen molar-refractivity contribution in [2.45, 2.75) is 69.7 Å². The zero-order chi connectivity index (χ0) is 30.5. The van der Waals surface area contributed by atoms with Gasteiger partial charge in [-0.25, -0.2) is 0 Å². The van der Waals surface area contributed by atoms with E-state index in [-0.39, 0.29) is 35.8 Å². The minimum absolute atomic E-state index is 0.0408. The highest BCUT2D eigenvalue weighted by molar-refractivity contribution is 7.50. The van der Waals surface area contributed by atoms with Crippen LogP contribution < -0.4 is 5.32 Å². The fourth-order valence-electron chi connectivity index (χ4n) is 6.52. The van der Waals surface area contributed by atoms with Crippen molar-refractivity contribution in [2.24, 2.45) is 0 Å². The molecule has 3 aliphatic rings. The molecule has 2 saturated heterocycles. The Morgan fingerprint density at radius 3 is 2.65 bits per heavy atom. The summed E-state index contributed by atoms with van der Waals surface area (Å²) in [5, 5.41) is 3.66. The van der Waals surface area contributed by atoms with Gasteiger partial charge in [0.25, 0.3) is 5.91 Å². The average molecular weight is 623 g/mol. The van der Waals surface area contributed by atoms with E-state index in [2.05, 4.69) is 16.4 Å². The van der Waals surface area contributed by atoms with Gasteiger partial charge in [-0.15, -0.1) is 11.3 Å². The molecule has 3 amide bonds. The van der Waals surface area contributed by atoms with Crippen molar-refractivity contribution in [3.05, 3.63) is 75.9 Å². The second kappa shape index (κ2) is 11.6. The fourth-order valence-corrected chi connectivity index (χ4v) is 8.14. The second-order valence-electron chi connectivity index (χ2n) is 12.0. The summed E-state index contributed by atoms with van der Waals surface area (Å²) in [6.07, 6.45) is 7.74. The van der Waals surface area contributed by atoms with Crippen LogP contribution in [0, 0.1) is 6.92 Å². The molecule has 3 aromatic rings. The van der Waals surface area contributed by atoms with E-state index >= 15 is 0 Å². The summed E-state index contributed by atoms with van der Waals surface area (Å²) in [5.41, 5.74) is 3.93. The average Bonchev–Trinajstić information content (AvgIpc) is 3.53. The molecule has 0 bridgehead atoms. The lowest BCUT2D eigenvalue weighted by atomic mass is 9.89. The van der Waals surface area contributed by atoms with Crippen molar-refractivity contribution in [1.29, 1.82) is 0 Å². The normalized spacial score (nSPS) is 24.1.